The summed E-state index contributed by atoms with van der Waals surface area (Å²) in [5, 5.41) is 10.2. The van der Waals surface area contributed by atoms with Gasteiger partial charge in [0.1, 0.15) is 0 Å². The molecule has 0 aromatic carbocycles. The molecule has 0 spiro atoms. The third-order valence-corrected chi connectivity index (χ3v) is 6.38. The van der Waals surface area contributed by atoms with Crippen molar-refractivity contribution in [1.29, 1.82) is 0 Å². The van der Waals surface area contributed by atoms with Crippen LogP contribution in [-0.2, 0) is 25.7 Å². The van der Waals surface area contributed by atoms with Crippen molar-refractivity contribution >= 4 is 0 Å². The summed E-state index contributed by atoms with van der Waals surface area (Å²) in [6.07, 6.45) is -5.78. The Hall–Kier alpha value is -1.31. The fraction of sp³-hybridized carbons (Fsp3) is 0.762. The normalized spacial score (nSPS) is 18.9. The zero-order valence-electron chi connectivity index (χ0n) is 16.5. The van der Waals surface area contributed by atoms with Crippen molar-refractivity contribution < 1.29 is 31.4 Å². The van der Waals surface area contributed by atoms with Gasteiger partial charge in [-0.1, -0.05) is 19.8 Å². The molecule has 0 saturated carbocycles. The van der Waals surface area contributed by atoms with E-state index in [1.807, 2.05) is 0 Å². The SMILES string of the molecule is CCCC[C@@H](c1nc2c(c3c1CCCC3)CCCC2)C(O)(C(F)(F)F)C(F)(F)F. The predicted octanol–water partition coefficient (Wildman–Crippen LogP) is 5.97. The van der Waals surface area contributed by atoms with Crippen molar-refractivity contribution in [1.82, 2.24) is 4.98 Å². The number of aliphatic hydroxyl groups is 1. The second-order valence-electron chi connectivity index (χ2n) is 8.25. The van der Waals surface area contributed by atoms with E-state index in [-0.39, 0.29) is 12.1 Å². The lowest BCUT2D eigenvalue weighted by Crippen LogP contribution is -2.61. The molecule has 1 aromatic rings. The molecule has 2 aliphatic rings. The number of hydrogen-bond acceptors (Lipinski definition) is 2. The van der Waals surface area contributed by atoms with Gasteiger partial charge in [0.25, 0.3) is 5.60 Å². The molecule has 0 bridgehead atoms. The third kappa shape index (κ3) is 3.89. The van der Waals surface area contributed by atoms with Gasteiger partial charge in [-0.05, 0) is 74.5 Å². The highest BCUT2D eigenvalue weighted by Crippen LogP contribution is 2.53. The van der Waals surface area contributed by atoms with Crippen molar-refractivity contribution in [2.24, 2.45) is 0 Å². The van der Waals surface area contributed by atoms with Crippen LogP contribution in [0.25, 0.3) is 0 Å². The lowest BCUT2D eigenvalue weighted by molar-refractivity contribution is -0.376. The molecule has 0 aliphatic heterocycles. The summed E-state index contributed by atoms with van der Waals surface area (Å²) in [7, 11) is 0. The molecule has 1 heterocycles. The molecule has 0 radical (unpaired) electrons. The van der Waals surface area contributed by atoms with E-state index >= 15 is 0 Å². The quantitative estimate of drug-likeness (QED) is 0.592. The highest BCUT2D eigenvalue weighted by atomic mass is 19.4. The van der Waals surface area contributed by atoms with Gasteiger partial charge in [0.2, 0.25) is 0 Å². The number of alkyl halides is 6. The molecular weight excluding hydrogens is 396 g/mol. The summed E-state index contributed by atoms with van der Waals surface area (Å²) in [6, 6.07) is 0. The second kappa shape index (κ2) is 8.08. The highest BCUT2D eigenvalue weighted by Gasteiger charge is 2.74. The predicted molar refractivity (Wildman–Crippen MR) is 96.8 cm³/mol. The number of aromatic nitrogens is 1. The Morgan fingerprint density at radius 3 is 1.90 bits per heavy atom. The molecular formula is C21H27F6NO. The summed E-state index contributed by atoms with van der Waals surface area (Å²) < 4.78 is 82.4. The van der Waals surface area contributed by atoms with E-state index in [0.717, 1.165) is 36.8 Å². The molecule has 0 amide bonds. The van der Waals surface area contributed by atoms with E-state index in [9.17, 15) is 31.4 Å². The van der Waals surface area contributed by atoms with Crippen LogP contribution in [-0.4, -0.2) is 28.0 Å². The minimum atomic E-state index is -5.84. The Balaban J connectivity index is 2.24. The van der Waals surface area contributed by atoms with E-state index in [4.69, 9.17) is 0 Å². The average Bonchev–Trinajstić information content (AvgIpc) is 2.66. The Bertz CT molecular complexity index is 726. The largest absolute Gasteiger partial charge is 0.426 e. The van der Waals surface area contributed by atoms with Gasteiger partial charge in [0, 0.05) is 11.6 Å². The van der Waals surface area contributed by atoms with Crippen molar-refractivity contribution in [3.05, 3.63) is 28.1 Å². The zero-order valence-corrected chi connectivity index (χ0v) is 16.5. The number of aryl methyl sites for hydroxylation is 1. The molecule has 29 heavy (non-hydrogen) atoms. The Kier molecular flexibility index (Phi) is 6.23. The molecule has 2 aliphatic carbocycles. The first-order chi connectivity index (χ1) is 13.5. The maximum absolute atomic E-state index is 13.7. The van der Waals surface area contributed by atoms with Crippen molar-refractivity contribution in [3.63, 3.8) is 0 Å². The average molecular weight is 423 g/mol. The zero-order chi connectivity index (χ0) is 21.4. The van der Waals surface area contributed by atoms with Gasteiger partial charge < -0.3 is 5.11 Å². The molecule has 1 aromatic heterocycles. The van der Waals surface area contributed by atoms with Gasteiger partial charge in [-0.2, -0.15) is 26.3 Å². The molecule has 0 saturated heterocycles. The Labute approximate surface area is 166 Å². The monoisotopic (exact) mass is 423 g/mol. The topological polar surface area (TPSA) is 33.1 Å². The van der Waals surface area contributed by atoms with E-state index in [1.54, 1.807) is 6.92 Å². The maximum atomic E-state index is 13.7. The van der Waals surface area contributed by atoms with Crippen molar-refractivity contribution in [3.8, 4) is 0 Å². The highest BCUT2D eigenvalue weighted by molar-refractivity contribution is 5.45. The first-order valence-electron chi connectivity index (χ1n) is 10.4. The van der Waals surface area contributed by atoms with Crippen molar-refractivity contribution in [2.45, 2.75) is 101 Å². The molecule has 1 atom stereocenters. The summed E-state index contributed by atoms with van der Waals surface area (Å²) in [5.41, 5.74) is -1.93. The number of unbranched alkanes of at least 4 members (excludes halogenated alkanes) is 1. The summed E-state index contributed by atoms with van der Waals surface area (Å²) in [5.74, 6) is -2.15. The molecule has 0 fully saturated rings. The number of hydrogen-bond donors (Lipinski definition) is 1. The molecule has 3 rings (SSSR count). The van der Waals surface area contributed by atoms with E-state index in [1.165, 1.54) is 0 Å². The Morgan fingerprint density at radius 1 is 0.828 bits per heavy atom. The first kappa shape index (κ1) is 22.4. The van der Waals surface area contributed by atoms with Gasteiger partial charge in [-0.25, -0.2) is 0 Å². The van der Waals surface area contributed by atoms with E-state index in [2.05, 4.69) is 4.98 Å². The van der Waals surface area contributed by atoms with Gasteiger partial charge in [-0.3, -0.25) is 4.98 Å². The van der Waals surface area contributed by atoms with Crippen LogP contribution in [0.15, 0.2) is 0 Å². The minimum Gasteiger partial charge on any atom is -0.373 e. The summed E-state index contributed by atoms with van der Waals surface area (Å²) >= 11 is 0. The van der Waals surface area contributed by atoms with Crippen LogP contribution >= 0.6 is 0 Å². The van der Waals surface area contributed by atoms with Gasteiger partial charge in [-0.15, -0.1) is 0 Å². The van der Waals surface area contributed by atoms with E-state index in [0.29, 0.717) is 43.4 Å². The molecule has 0 unspecified atom stereocenters. The fourth-order valence-corrected chi connectivity index (χ4v) is 4.87. The third-order valence-electron chi connectivity index (χ3n) is 6.38. The van der Waals surface area contributed by atoms with Gasteiger partial charge in [0.05, 0.1) is 5.69 Å². The second-order valence-corrected chi connectivity index (χ2v) is 8.25. The van der Waals surface area contributed by atoms with Gasteiger partial charge >= 0.3 is 12.4 Å². The first-order valence-corrected chi connectivity index (χ1v) is 10.4. The molecule has 164 valence electrons. The standard InChI is InChI=1S/C21H27F6NO/c1-2-3-11-16(19(29,20(22,23)24)21(25,26)27)18-15-10-5-4-8-13(15)14-9-6-7-12-17(14)28-18/h16,29H,2-12H2,1H3/t16-/m0/s1. The van der Waals surface area contributed by atoms with E-state index < -0.39 is 30.3 Å². The number of rotatable bonds is 5. The number of pyridine rings is 1. The lowest BCUT2D eigenvalue weighted by Gasteiger charge is -2.40. The van der Waals surface area contributed by atoms with Crippen LogP contribution in [0.5, 0.6) is 0 Å². The molecule has 8 heteroatoms. The number of fused-ring (bicyclic) bond motifs is 3. The number of nitrogens with zero attached hydrogens (tertiary/aromatic N) is 1. The van der Waals surface area contributed by atoms with Crippen LogP contribution in [0.2, 0.25) is 0 Å². The van der Waals surface area contributed by atoms with Crippen LogP contribution in [0.4, 0.5) is 26.3 Å². The van der Waals surface area contributed by atoms with Crippen LogP contribution in [0.3, 0.4) is 0 Å². The van der Waals surface area contributed by atoms with Crippen LogP contribution in [0, 0.1) is 0 Å². The van der Waals surface area contributed by atoms with Crippen LogP contribution < -0.4 is 0 Å². The van der Waals surface area contributed by atoms with Crippen LogP contribution in [0.1, 0.15) is 85.9 Å². The summed E-state index contributed by atoms with van der Waals surface area (Å²) in [6.45, 7) is 1.70. The minimum absolute atomic E-state index is 0.146. The van der Waals surface area contributed by atoms with Gasteiger partial charge in [0.15, 0.2) is 0 Å². The molecule has 2 nitrogen and oxygen atoms in total. The van der Waals surface area contributed by atoms with Crippen molar-refractivity contribution in [2.75, 3.05) is 0 Å². The Morgan fingerprint density at radius 2 is 1.34 bits per heavy atom. The smallest absolute Gasteiger partial charge is 0.373 e. The number of halogens is 6. The lowest BCUT2D eigenvalue weighted by atomic mass is 9.74. The fourth-order valence-electron chi connectivity index (χ4n) is 4.87. The molecule has 1 N–H and O–H groups in total. The maximum Gasteiger partial charge on any atom is 0.426 e. The summed E-state index contributed by atoms with van der Waals surface area (Å²) in [4.78, 5) is 4.41.